The Bertz CT molecular complexity index is 150. The van der Waals surface area contributed by atoms with Crippen LogP contribution in [0.2, 0.25) is 0 Å². The minimum atomic E-state index is -0.0942. The molecule has 1 rings (SSSR count). The Kier molecular flexibility index (Phi) is 4.85. The van der Waals surface area contributed by atoms with Gasteiger partial charge in [0, 0.05) is 19.7 Å². The van der Waals surface area contributed by atoms with E-state index < -0.39 is 0 Å². The van der Waals surface area contributed by atoms with Crippen LogP contribution in [0.3, 0.4) is 0 Å². The molecule has 1 fully saturated rings. The van der Waals surface area contributed by atoms with E-state index in [1.807, 2.05) is 6.92 Å². The van der Waals surface area contributed by atoms with E-state index in [9.17, 15) is 0 Å². The normalized spacial score (nSPS) is 30.2. The lowest BCUT2D eigenvalue weighted by Crippen LogP contribution is -2.56. The molecule has 1 aliphatic heterocycles. The largest absolute Gasteiger partial charge is 0.376 e. The van der Waals surface area contributed by atoms with Crippen LogP contribution in [0.4, 0.5) is 0 Å². The van der Waals surface area contributed by atoms with Crippen molar-refractivity contribution in [3.8, 4) is 0 Å². The highest BCUT2D eigenvalue weighted by atomic mass is 16.6. The SMILES string of the molecule is CCCC1(C(C)OCC)CNCCO1. The van der Waals surface area contributed by atoms with E-state index in [0.29, 0.717) is 0 Å². The highest BCUT2D eigenvalue weighted by Crippen LogP contribution is 2.26. The molecule has 0 aromatic carbocycles. The average Bonchev–Trinajstić information content (AvgIpc) is 2.20. The molecule has 1 heterocycles. The smallest absolute Gasteiger partial charge is 0.106 e. The first-order valence-corrected chi connectivity index (χ1v) is 5.71. The molecule has 0 aromatic rings. The van der Waals surface area contributed by atoms with Gasteiger partial charge in [0.15, 0.2) is 0 Å². The summed E-state index contributed by atoms with van der Waals surface area (Å²) in [7, 11) is 0. The van der Waals surface area contributed by atoms with Gasteiger partial charge < -0.3 is 14.8 Å². The summed E-state index contributed by atoms with van der Waals surface area (Å²) >= 11 is 0. The second-order valence-electron chi connectivity index (χ2n) is 3.94. The Morgan fingerprint density at radius 3 is 2.79 bits per heavy atom. The molecule has 1 saturated heterocycles. The molecule has 84 valence electrons. The van der Waals surface area contributed by atoms with Crippen LogP contribution in [0.5, 0.6) is 0 Å². The molecule has 2 unspecified atom stereocenters. The molecule has 0 aliphatic carbocycles. The first-order chi connectivity index (χ1) is 6.75. The summed E-state index contributed by atoms with van der Waals surface area (Å²) < 4.78 is 11.6. The topological polar surface area (TPSA) is 30.5 Å². The van der Waals surface area contributed by atoms with Crippen LogP contribution >= 0.6 is 0 Å². The average molecular weight is 201 g/mol. The first-order valence-electron chi connectivity index (χ1n) is 5.71. The van der Waals surface area contributed by atoms with E-state index in [0.717, 1.165) is 39.1 Å². The van der Waals surface area contributed by atoms with Crippen molar-refractivity contribution in [3.05, 3.63) is 0 Å². The van der Waals surface area contributed by atoms with Crippen LogP contribution in [-0.2, 0) is 9.47 Å². The number of hydrogen-bond acceptors (Lipinski definition) is 3. The minimum absolute atomic E-state index is 0.0942. The van der Waals surface area contributed by atoms with Crippen molar-refractivity contribution in [1.82, 2.24) is 5.32 Å². The Morgan fingerprint density at radius 1 is 1.50 bits per heavy atom. The van der Waals surface area contributed by atoms with E-state index in [1.165, 1.54) is 0 Å². The molecular weight excluding hydrogens is 178 g/mol. The van der Waals surface area contributed by atoms with Crippen molar-refractivity contribution in [2.24, 2.45) is 0 Å². The molecule has 14 heavy (non-hydrogen) atoms. The maximum Gasteiger partial charge on any atom is 0.106 e. The maximum atomic E-state index is 5.93. The highest BCUT2D eigenvalue weighted by molar-refractivity contribution is 4.91. The van der Waals surface area contributed by atoms with Crippen molar-refractivity contribution in [2.45, 2.75) is 45.3 Å². The second kappa shape index (κ2) is 5.69. The van der Waals surface area contributed by atoms with Crippen molar-refractivity contribution in [2.75, 3.05) is 26.3 Å². The molecular formula is C11H23NO2. The van der Waals surface area contributed by atoms with E-state index in [1.54, 1.807) is 0 Å². The van der Waals surface area contributed by atoms with E-state index in [4.69, 9.17) is 9.47 Å². The summed E-state index contributed by atoms with van der Waals surface area (Å²) in [6.07, 6.45) is 2.39. The minimum Gasteiger partial charge on any atom is -0.376 e. The highest BCUT2D eigenvalue weighted by Gasteiger charge is 2.38. The van der Waals surface area contributed by atoms with Gasteiger partial charge >= 0.3 is 0 Å². The van der Waals surface area contributed by atoms with Gasteiger partial charge in [0.1, 0.15) is 5.60 Å². The first kappa shape index (κ1) is 12.0. The molecule has 3 heteroatoms. The fourth-order valence-corrected chi connectivity index (χ4v) is 2.13. The van der Waals surface area contributed by atoms with Gasteiger partial charge in [0.25, 0.3) is 0 Å². The van der Waals surface area contributed by atoms with Gasteiger partial charge in [-0.15, -0.1) is 0 Å². The zero-order valence-corrected chi connectivity index (χ0v) is 9.64. The van der Waals surface area contributed by atoms with Gasteiger partial charge in [0.05, 0.1) is 12.7 Å². The van der Waals surface area contributed by atoms with Crippen molar-refractivity contribution in [3.63, 3.8) is 0 Å². The number of rotatable bonds is 5. The number of nitrogens with one attached hydrogen (secondary N) is 1. The number of ether oxygens (including phenoxy) is 2. The molecule has 0 bridgehead atoms. The third-order valence-electron chi connectivity index (χ3n) is 2.92. The van der Waals surface area contributed by atoms with Crippen LogP contribution in [-0.4, -0.2) is 38.0 Å². The molecule has 2 atom stereocenters. The fraction of sp³-hybridized carbons (Fsp3) is 1.00. The lowest BCUT2D eigenvalue weighted by Gasteiger charge is -2.41. The second-order valence-corrected chi connectivity index (χ2v) is 3.94. The third-order valence-corrected chi connectivity index (χ3v) is 2.92. The van der Waals surface area contributed by atoms with Crippen LogP contribution in [0.25, 0.3) is 0 Å². The summed E-state index contributed by atoms with van der Waals surface area (Å²) in [5.41, 5.74) is -0.0942. The molecule has 1 N–H and O–H groups in total. The van der Waals surface area contributed by atoms with Crippen LogP contribution in [0, 0.1) is 0 Å². The van der Waals surface area contributed by atoms with E-state index in [-0.39, 0.29) is 11.7 Å². The van der Waals surface area contributed by atoms with E-state index >= 15 is 0 Å². The molecule has 0 saturated carbocycles. The Labute approximate surface area is 87.2 Å². The van der Waals surface area contributed by atoms with Crippen LogP contribution in [0.15, 0.2) is 0 Å². The molecule has 1 aliphatic rings. The van der Waals surface area contributed by atoms with Crippen LogP contribution < -0.4 is 5.32 Å². The van der Waals surface area contributed by atoms with Gasteiger partial charge in [-0.05, 0) is 20.3 Å². The zero-order chi connectivity index (χ0) is 10.4. The molecule has 0 spiro atoms. The summed E-state index contributed by atoms with van der Waals surface area (Å²) in [6.45, 7) is 9.79. The fourth-order valence-electron chi connectivity index (χ4n) is 2.13. The number of hydrogen-bond donors (Lipinski definition) is 1. The zero-order valence-electron chi connectivity index (χ0n) is 9.64. The predicted octanol–water partition coefficient (Wildman–Crippen LogP) is 1.57. The summed E-state index contributed by atoms with van der Waals surface area (Å²) in [5.74, 6) is 0. The van der Waals surface area contributed by atoms with Gasteiger partial charge in [-0.2, -0.15) is 0 Å². The lowest BCUT2D eigenvalue weighted by atomic mass is 9.90. The maximum absolute atomic E-state index is 5.93. The molecule has 0 amide bonds. The van der Waals surface area contributed by atoms with Gasteiger partial charge in [-0.25, -0.2) is 0 Å². The third kappa shape index (κ3) is 2.69. The molecule has 0 radical (unpaired) electrons. The van der Waals surface area contributed by atoms with Crippen molar-refractivity contribution in [1.29, 1.82) is 0 Å². The van der Waals surface area contributed by atoms with Gasteiger partial charge in [-0.3, -0.25) is 0 Å². The lowest BCUT2D eigenvalue weighted by molar-refractivity contribution is -0.154. The number of morpholine rings is 1. The quantitative estimate of drug-likeness (QED) is 0.732. The Hall–Kier alpha value is -0.120. The standard InChI is InChI=1S/C11H23NO2/c1-4-6-11(10(3)13-5-2)9-12-7-8-14-11/h10,12H,4-9H2,1-3H3. The Balaban J connectivity index is 2.58. The van der Waals surface area contributed by atoms with E-state index in [2.05, 4.69) is 19.2 Å². The van der Waals surface area contributed by atoms with Crippen molar-refractivity contribution >= 4 is 0 Å². The summed E-state index contributed by atoms with van der Waals surface area (Å²) in [6, 6.07) is 0. The van der Waals surface area contributed by atoms with Crippen LogP contribution in [0.1, 0.15) is 33.6 Å². The summed E-state index contributed by atoms with van der Waals surface area (Å²) in [4.78, 5) is 0. The monoisotopic (exact) mass is 201 g/mol. The predicted molar refractivity (Wildman–Crippen MR) is 57.5 cm³/mol. The van der Waals surface area contributed by atoms with Gasteiger partial charge in [-0.1, -0.05) is 13.3 Å². The Morgan fingerprint density at radius 2 is 2.29 bits per heavy atom. The molecule has 0 aromatic heterocycles. The molecule has 3 nitrogen and oxygen atoms in total. The van der Waals surface area contributed by atoms with Crippen molar-refractivity contribution < 1.29 is 9.47 Å². The van der Waals surface area contributed by atoms with Gasteiger partial charge in [0.2, 0.25) is 0 Å². The summed E-state index contributed by atoms with van der Waals surface area (Å²) in [5, 5.41) is 3.39.